The normalized spacial score (nSPS) is 10.3. The van der Waals surface area contributed by atoms with E-state index in [9.17, 15) is 4.79 Å². The molecule has 6 heteroatoms. The van der Waals surface area contributed by atoms with E-state index in [0.29, 0.717) is 16.4 Å². The molecule has 0 spiro atoms. The summed E-state index contributed by atoms with van der Waals surface area (Å²) in [6.07, 6.45) is 0. The highest BCUT2D eigenvalue weighted by molar-refractivity contribution is 9.10. The van der Waals surface area contributed by atoms with Gasteiger partial charge in [0.2, 0.25) is 0 Å². The van der Waals surface area contributed by atoms with E-state index in [4.69, 9.17) is 22.4 Å². The first kappa shape index (κ1) is 14.7. The van der Waals surface area contributed by atoms with Crippen LogP contribution < -0.4 is 11.1 Å². The second kappa shape index (κ2) is 5.73. The second-order valence-electron chi connectivity index (χ2n) is 4.31. The summed E-state index contributed by atoms with van der Waals surface area (Å²) < 4.78 is 0.848. The summed E-state index contributed by atoms with van der Waals surface area (Å²) in [5.41, 5.74) is 8.69. The molecule has 0 saturated carbocycles. The molecule has 0 fully saturated rings. The Hall–Kier alpha value is -1.72. The van der Waals surface area contributed by atoms with Crippen LogP contribution in [0.15, 0.2) is 34.8 Å². The summed E-state index contributed by atoms with van der Waals surface area (Å²) in [7, 11) is 0. The Morgan fingerprint density at radius 1 is 1.30 bits per heavy atom. The fourth-order valence-corrected chi connectivity index (χ4v) is 2.42. The van der Waals surface area contributed by atoms with Crippen molar-refractivity contribution in [2.45, 2.75) is 6.92 Å². The zero-order valence-corrected chi connectivity index (χ0v) is 12.9. The predicted octanol–water partition coefficient (Wildman–Crippen LogP) is 4.43. The molecule has 0 bridgehead atoms. The van der Waals surface area contributed by atoms with Crippen LogP contribution in [0.4, 0.5) is 17.1 Å². The number of carboxylic acids is 1. The third-order valence-corrected chi connectivity index (χ3v) is 3.88. The molecule has 0 unspecified atom stereocenters. The van der Waals surface area contributed by atoms with Crippen molar-refractivity contribution in [1.82, 2.24) is 0 Å². The van der Waals surface area contributed by atoms with Crippen molar-refractivity contribution in [2.24, 2.45) is 0 Å². The van der Waals surface area contributed by atoms with Gasteiger partial charge in [0, 0.05) is 9.50 Å². The topological polar surface area (TPSA) is 75.3 Å². The average molecular weight is 356 g/mol. The van der Waals surface area contributed by atoms with Crippen LogP contribution in [0.2, 0.25) is 5.02 Å². The van der Waals surface area contributed by atoms with Gasteiger partial charge >= 0.3 is 5.97 Å². The van der Waals surface area contributed by atoms with Crippen LogP contribution in [0.25, 0.3) is 0 Å². The molecular formula is C14H12BrClN2O2. The van der Waals surface area contributed by atoms with Gasteiger partial charge in [-0.2, -0.15) is 0 Å². The third-order valence-electron chi connectivity index (χ3n) is 2.82. The highest BCUT2D eigenvalue weighted by Crippen LogP contribution is 2.33. The maximum Gasteiger partial charge on any atom is 0.335 e. The Bertz CT molecular complexity index is 689. The number of hydrogen-bond acceptors (Lipinski definition) is 3. The zero-order valence-electron chi connectivity index (χ0n) is 10.6. The Morgan fingerprint density at radius 3 is 2.60 bits per heavy atom. The molecule has 2 rings (SSSR count). The molecule has 0 aromatic heterocycles. The van der Waals surface area contributed by atoms with Crippen molar-refractivity contribution in [3.8, 4) is 0 Å². The van der Waals surface area contributed by atoms with Crippen LogP contribution in [0, 0.1) is 6.92 Å². The van der Waals surface area contributed by atoms with Gasteiger partial charge in [0.05, 0.1) is 22.6 Å². The van der Waals surface area contributed by atoms with E-state index in [1.165, 1.54) is 12.1 Å². The number of carbonyl (C=O) groups is 1. The quantitative estimate of drug-likeness (QED) is 0.712. The molecule has 20 heavy (non-hydrogen) atoms. The summed E-state index contributed by atoms with van der Waals surface area (Å²) >= 11 is 9.53. The standard InChI is InChI=1S/C14H12BrClN2O2/c1-7-4-9(15)13(6-10(7)16)18-12-3-2-8(14(19)20)5-11(12)17/h2-6,18H,17H2,1H3,(H,19,20). The molecule has 4 nitrogen and oxygen atoms in total. The van der Waals surface area contributed by atoms with Gasteiger partial charge in [0.1, 0.15) is 0 Å². The first-order valence-electron chi connectivity index (χ1n) is 5.74. The molecule has 104 valence electrons. The maximum absolute atomic E-state index is 10.9. The van der Waals surface area contributed by atoms with Crippen molar-refractivity contribution in [2.75, 3.05) is 11.1 Å². The van der Waals surface area contributed by atoms with Crippen LogP contribution in [-0.4, -0.2) is 11.1 Å². The first-order valence-corrected chi connectivity index (χ1v) is 6.91. The Kier molecular flexibility index (Phi) is 4.20. The van der Waals surface area contributed by atoms with Crippen molar-refractivity contribution in [3.63, 3.8) is 0 Å². The molecule has 0 amide bonds. The zero-order chi connectivity index (χ0) is 14.9. The van der Waals surface area contributed by atoms with Gasteiger partial charge in [0.25, 0.3) is 0 Å². The highest BCUT2D eigenvalue weighted by atomic mass is 79.9. The van der Waals surface area contributed by atoms with Gasteiger partial charge in [-0.15, -0.1) is 0 Å². The number of aryl methyl sites for hydroxylation is 1. The van der Waals surface area contributed by atoms with E-state index in [1.54, 1.807) is 12.1 Å². The van der Waals surface area contributed by atoms with E-state index in [-0.39, 0.29) is 5.56 Å². The van der Waals surface area contributed by atoms with Gasteiger partial charge in [-0.05, 0) is 58.7 Å². The lowest BCUT2D eigenvalue weighted by Crippen LogP contribution is -2.01. The Morgan fingerprint density at radius 2 is 2.00 bits per heavy atom. The van der Waals surface area contributed by atoms with Gasteiger partial charge in [0.15, 0.2) is 0 Å². The fourth-order valence-electron chi connectivity index (χ4n) is 1.70. The minimum absolute atomic E-state index is 0.147. The lowest BCUT2D eigenvalue weighted by atomic mass is 10.1. The van der Waals surface area contributed by atoms with Gasteiger partial charge in [-0.3, -0.25) is 0 Å². The molecule has 2 aromatic rings. The van der Waals surface area contributed by atoms with Crippen molar-refractivity contribution >= 4 is 50.6 Å². The number of benzene rings is 2. The summed E-state index contributed by atoms with van der Waals surface area (Å²) in [5, 5.41) is 12.7. The second-order valence-corrected chi connectivity index (χ2v) is 5.57. The minimum atomic E-state index is -1.01. The molecule has 0 aliphatic heterocycles. The summed E-state index contributed by atoms with van der Waals surface area (Å²) in [6, 6.07) is 8.20. The predicted molar refractivity (Wildman–Crippen MR) is 85.0 cm³/mol. The molecular weight excluding hydrogens is 344 g/mol. The monoisotopic (exact) mass is 354 g/mol. The molecule has 0 atom stereocenters. The molecule has 2 aromatic carbocycles. The number of carboxylic acid groups (broad SMARTS) is 1. The SMILES string of the molecule is Cc1cc(Br)c(Nc2ccc(C(=O)O)cc2N)cc1Cl. The first-order chi connectivity index (χ1) is 9.38. The van der Waals surface area contributed by atoms with Gasteiger partial charge < -0.3 is 16.2 Å². The van der Waals surface area contributed by atoms with Crippen LogP contribution in [-0.2, 0) is 0 Å². The smallest absolute Gasteiger partial charge is 0.335 e. The summed E-state index contributed by atoms with van der Waals surface area (Å²) in [6.45, 7) is 1.91. The number of halogens is 2. The fraction of sp³-hybridized carbons (Fsp3) is 0.0714. The molecule has 4 N–H and O–H groups in total. The molecule has 0 aliphatic rings. The largest absolute Gasteiger partial charge is 0.478 e. The molecule has 0 radical (unpaired) electrons. The molecule has 0 heterocycles. The number of hydrogen-bond donors (Lipinski definition) is 3. The van der Waals surface area contributed by atoms with E-state index < -0.39 is 5.97 Å². The van der Waals surface area contributed by atoms with Crippen LogP contribution in [0.3, 0.4) is 0 Å². The van der Waals surface area contributed by atoms with Crippen LogP contribution >= 0.6 is 27.5 Å². The Labute approximate surface area is 129 Å². The average Bonchev–Trinajstić information content (AvgIpc) is 2.37. The van der Waals surface area contributed by atoms with Crippen LogP contribution in [0.1, 0.15) is 15.9 Å². The van der Waals surface area contributed by atoms with E-state index >= 15 is 0 Å². The summed E-state index contributed by atoms with van der Waals surface area (Å²) in [5.74, 6) is -1.01. The number of anilines is 3. The number of rotatable bonds is 3. The highest BCUT2D eigenvalue weighted by Gasteiger charge is 2.09. The van der Waals surface area contributed by atoms with Gasteiger partial charge in [-0.1, -0.05) is 11.6 Å². The van der Waals surface area contributed by atoms with E-state index in [2.05, 4.69) is 21.2 Å². The lowest BCUT2D eigenvalue weighted by Gasteiger charge is -2.13. The number of nitrogens with two attached hydrogens (primary N) is 1. The lowest BCUT2D eigenvalue weighted by molar-refractivity contribution is 0.0697. The third kappa shape index (κ3) is 3.05. The van der Waals surface area contributed by atoms with Crippen LogP contribution in [0.5, 0.6) is 0 Å². The number of aromatic carboxylic acids is 1. The van der Waals surface area contributed by atoms with Crippen molar-refractivity contribution in [1.29, 1.82) is 0 Å². The number of nitrogen functional groups attached to an aromatic ring is 1. The molecule has 0 aliphatic carbocycles. The van der Waals surface area contributed by atoms with E-state index in [0.717, 1.165) is 15.7 Å². The maximum atomic E-state index is 10.9. The Balaban J connectivity index is 2.35. The minimum Gasteiger partial charge on any atom is -0.478 e. The summed E-state index contributed by atoms with van der Waals surface area (Å²) in [4.78, 5) is 10.9. The number of nitrogens with one attached hydrogen (secondary N) is 1. The van der Waals surface area contributed by atoms with Crippen molar-refractivity contribution < 1.29 is 9.90 Å². The van der Waals surface area contributed by atoms with E-state index in [1.807, 2.05) is 13.0 Å². The van der Waals surface area contributed by atoms with Crippen molar-refractivity contribution in [3.05, 3.63) is 51.0 Å². The molecule has 0 saturated heterocycles. The van der Waals surface area contributed by atoms with Gasteiger partial charge in [-0.25, -0.2) is 4.79 Å².